The maximum atomic E-state index is 11.4. The molecule has 170 valence electrons. The molecule has 0 fully saturated rings. The fourth-order valence-corrected chi connectivity index (χ4v) is 6.43. The van der Waals surface area contributed by atoms with Crippen molar-refractivity contribution in [3.63, 3.8) is 0 Å². The van der Waals surface area contributed by atoms with Gasteiger partial charge in [0.1, 0.15) is 28.7 Å². The van der Waals surface area contributed by atoms with Crippen LogP contribution in [0.2, 0.25) is 0 Å². The third-order valence-electron chi connectivity index (χ3n) is 5.38. The Morgan fingerprint density at radius 3 is 1.97 bits per heavy atom. The lowest BCUT2D eigenvalue weighted by atomic mass is 10.1. The number of benzene rings is 3. The van der Waals surface area contributed by atoms with E-state index in [1.54, 1.807) is 28.4 Å². The number of aromatic hydroxyl groups is 1. The maximum absolute atomic E-state index is 11.4. The molecular formula is C26H31O5P. The molecule has 0 aliphatic carbocycles. The first-order valence-electron chi connectivity index (χ1n) is 10.6. The summed E-state index contributed by atoms with van der Waals surface area (Å²) in [6, 6.07) is 17.6. The van der Waals surface area contributed by atoms with Gasteiger partial charge < -0.3 is 24.1 Å². The van der Waals surface area contributed by atoms with E-state index in [4.69, 9.17) is 18.9 Å². The van der Waals surface area contributed by atoms with E-state index in [1.807, 2.05) is 54.6 Å². The summed E-state index contributed by atoms with van der Waals surface area (Å²) < 4.78 is 22.8. The molecule has 0 bridgehead atoms. The molecule has 1 atom stereocenters. The Bertz CT molecular complexity index is 1030. The molecular weight excluding hydrogens is 423 g/mol. The second-order valence-electron chi connectivity index (χ2n) is 7.28. The van der Waals surface area contributed by atoms with Crippen molar-refractivity contribution in [2.24, 2.45) is 0 Å². The van der Waals surface area contributed by atoms with Crippen LogP contribution in [0.4, 0.5) is 0 Å². The van der Waals surface area contributed by atoms with E-state index in [-0.39, 0.29) is 0 Å². The first-order chi connectivity index (χ1) is 15.6. The van der Waals surface area contributed by atoms with Crippen molar-refractivity contribution in [3.8, 4) is 28.7 Å². The Morgan fingerprint density at radius 2 is 1.38 bits per heavy atom. The average molecular weight is 455 g/mol. The first kappa shape index (κ1) is 23.7. The van der Waals surface area contributed by atoms with E-state index >= 15 is 0 Å². The molecule has 0 aliphatic heterocycles. The molecule has 0 saturated carbocycles. The summed E-state index contributed by atoms with van der Waals surface area (Å²) in [5.74, 6) is 2.97. The molecule has 3 rings (SSSR count). The van der Waals surface area contributed by atoms with Crippen molar-refractivity contribution in [3.05, 3.63) is 60.2 Å². The monoisotopic (exact) mass is 454 g/mol. The SMILES string of the molecule is CCCCc1cccc(P(c2ccccc2OC)c2c(OC)cc(OC)cc2OC)c1O. The van der Waals surface area contributed by atoms with Crippen molar-refractivity contribution in [2.45, 2.75) is 26.2 Å². The third kappa shape index (κ3) is 4.78. The number of rotatable bonds is 10. The first-order valence-corrected chi connectivity index (χ1v) is 12.0. The Morgan fingerprint density at radius 1 is 0.750 bits per heavy atom. The van der Waals surface area contributed by atoms with Gasteiger partial charge in [-0.3, -0.25) is 0 Å². The van der Waals surface area contributed by atoms with Crippen LogP contribution in [-0.2, 0) is 6.42 Å². The minimum atomic E-state index is -1.28. The summed E-state index contributed by atoms with van der Waals surface area (Å²) in [6.45, 7) is 2.15. The van der Waals surface area contributed by atoms with Crippen molar-refractivity contribution >= 4 is 23.8 Å². The molecule has 5 nitrogen and oxygen atoms in total. The van der Waals surface area contributed by atoms with Gasteiger partial charge >= 0.3 is 0 Å². The second kappa shape index (κ2) is 11.1. The largest absolute Gasteiger partial charge is 0.507 e. The van der Waals surface area contributed by atoms with E-state index < -0.39 is 7.92 Å². The van der Waals surface area contributed by atoms with Gasteiger partial charge in [0.05, 0.1) is 33.7 Å². The molecule has 0 amide bonds. The van der Waals surface area contributed by atoms with Crippen LogP contribution >= 0.6 is 7.92 Å². The highest BCUT2D eigenvalue weighted by atomic mass is 31.1. The summed E-state index contributed by atoms with van der Waals surface area (Å²) in [6.07, 6.45) is 2.89. The summed E-state index contributed by atoms with van der Waals surface area (Å²) in [4.78, 5) is 0. The van der Waals surface area contributed by atoms with Gasteiger partial charge in [0.2, 0.25) is 0 Å². The molecule has 3 aromatic rings. The van der Waals surface area contributed by atoms with Crippen molar-refractivity contribution in [2.75, 3.05) is 28.4 Å². The molecule has 6 heteroatoms. The second-order valence-corrected chi connectivity index (χ2v) is 9.36. The summed E-state index contributed by atoms with van der Waals surface area (Å²) in [5, 5.41) is 14.0. The number of unbranched alkanes of at least 4 members (excludes halogenated alkanes) is 1. The zero-order chi connectivity index (χ0) is 23.1. The van der Waals surface area contributed by atoms with E-state index in [0.29, 0.717) is 23.0 Å². The molecule has 1 unspecified atom stereocenters. The lowest BCUT2D eigenvalue weighted by Crippen LogP contribution is -2.25. The lowest BCUT2D eigenvalue weighted by Gasteiger charge is -2.26. The highest BCUT2D eigenvalue weighted by Gasteiger charge is 2.30. The number of methoxy groups -OCH3 is 4. The summed E-state index contributed by atoms with van der Waals surface area (Å²) >= 11 is 0. The van der Waals surface area contributed by atoms with E-state index in [2.05, 4.69) is 6.92 Å². The molecule has 0 aromatic heterocycles. The number of para-hydroxylation sites is 2. The Labute approximate surface area is 191 Å². The van der Waals surface area contributed by atoms with Crippen molar-refractivity contribution < 1.29 is 24.1 Å². The van der Waals surface area contributed by atoms with Gasteiger partial charge in [-0.05, 0) is 24.5 Å². The Balaban J connectivity index is 2.35. The minimum Gasteiger partial charge on any atom is -0.507 e. The van der Waals surface area contributed by atoms with Crippen molar-refractivity contribution in [1.29, 1.82) is 0 Å². The zero-order valence-corrected chi connectivity index (χ0v) is 20.2. The Kier molecular flexibility index (Phi) is 8.24. The number of hydrogen-bond acceptors (Lipinski definition) is 5. The number of phenols is 1. The van der Waals surface area contributed by atoms with Crippen LogP contribution in [0.3, 0.4) is 0 Å². The van der Waals surface area contributed by atoms with Gasteiger partial charge in [-0.25, -0.2) is 0 Å². The predicted molar refractivity (Wildman–Crippen MR) is 132 cm³/mol. The van der Waals surface area contributed by atoms with Gasteiger partial charge in [0, 0.05) is 30.7 Å². The normalized spacial score (nSPS) is 11.7. The highest BCUT2D eigenvalue weighted by molar-refractivity contribution is 7.80. The molecule has 0 heterocycles. The molecule has 1 N–H and O–H groups in total. The zero-order valence-electron chi connectivity index (χ0n) is 19.3. The summed E-state index contributed by atoms with van der Waals surface area (Å²) in [7, 11) is 5.25. The fourth-order valence-electron chi connectivity index (χ4n) is 3.72. The van der Waals surface area contributed by atoms with Crippen LogP contribution < -0.4 is 34.9 Å². The smallest absolute Gasteiger partial charge is 0.134 e. The van der Waals surface area contributed by atoms with Gasteiger partial charge in [-0.2, -0.15) is 0 Å². The standard InChI is InChI=1S/C26H31O5P/c1-6-7-11-18-12-10-15-24(25(18)27)32(23-14-9-8-13-20(23)29-3)26-21(30-4)16-19(28-2)17-22(26)31-5/h8-10,12-17,27H,6-7,11H2,1-5H3. The number of hydrogen-bond donors (Lipinski definition) is 1. The highest BCUT2D eigenvalue weighted by Crippen LogP contribution is 2.46. The van der Waals surface area contributed by atoms with Crippen LogP contribution in [0.5, 0.6) is 28.7 Å². The van der Waals surface area contributed by atoms with Crippen molar-refractivity contribution in [1.82, 2.24) is 0 Å². The van der Waals surface area contributed by atoms with E-state index in [0.717, 1.165) is 46.5 Å². The van der Waals surface area contributed by atoms with Gasteiger partial charge in [-0.15, -0.1) is 0 Å². The predicted octanol–water partition coefficient (Wildman–Crippen LogP) is 4.53. The minimum absolute atomic E-state index is 0.317. The topological polar surface area (TPSA) is 57.2 Å². The number of ether oxygens (including phenoxy) is 4. The molecule has 0 saturated heterocycles. The number of aryl methyl sites for hydroxylation is 1. The lowest BCUT2D eigenvalue weighted by molar-refractivity contribution is 0.380. The third-order valence-corrected chi connectivity index (χ3v) is 7.96. The van der Waals surface area contributed by atoms with Crippen LogP contribution in [0.15, 0.2) is 54.6 Å². The van der Waals surface area contributed by atoms with E-state index in [1.165, 1.54) is 0 Å². The van der Waals surface area contributed by atoms with Gasteiger partial charge in [0.25, 0.3) is 0 Å². The van der Waals surface area contributed by atoms with E-state index in [9.17, 15) is 5.11 Å². The molecule has 0 spiro atoms. The van der Waals surface area contributed by atoms with Crippen LogP contribution in [0.1, 0.15) is 25.3 Å². The Hall–Kier alpha value is -2.91. The molecule has 3 aromatic carbocycles. The molecule has 32 heavy (non-hydrogen) atoms. The van der Waals surface area contributed by atoms with Gasteiger partial charge in [0.15, 0.2) is 0 Å². The molecule has 0 radical (unpaired) electrons. The summed E-state index contributed by atoms with van der Waals surface area (Å²) in [5.41, 5.74) is 0.943. The van der Waals surface area contributed by atoms with Crippen LogP contribution in [-0.4, -0.2) is 33.5 Å². The average Bonchev–Trinajstić information content (AvgIpc) is 2.84. The van der Waals surface area contributed by atoms with Crippen LogP contribution in [0.25, 0.3) is 0 Å². The fraction of sp³-hybridized carbons (Fsp3) is 0.308. The maximum Gasteiger partial charge on any atom is 0.134 e. The van der Waals surface area contributed by atoms with Gasteiger partial charge in [-0.1, -0.05) is 49.7 Å². The molecule has 0 aliphatic rings. The number of phenolic OH excluding ortho intramolecular Hbond substituents is 1. The quantitative estimate of drug-likeness (QED) is 0.457. The van der Waals surface area contributed by atoms with Crippen LogP contribution in [0, 0.1) is 0 Å².